The fourth-order valence-electron chi connectivity index (χ4n) is 2.15. The van der Waals surface area contributed by atoms with Crippen LogP contribution in [0, 0.1) is 0 Å². The lowest BCUT2D eigenvalue weighted by molar-refractivity contribution is 0.551. The van der Waals surface area contributed by atoms with E-state index in [-0.39, 0.29) is 0 Å². The Bertz CT molecular complexity index is 248. The van der Waals surface area contributed by atoms with E-state index in [9.17, 15) is 8.42 Å². The molecule has 1 heterocycles. The fraction of sp³-hybridized carbons (Fsp3) is 1.00. The summed E-state index contributed by atoms with van der Waals surface area (Å²) in [5.41, 5.74) is 0. The number of hydrogen-bond acceptors (Lipinski definition) is 2. The lowest BCUT2D eigenvalue weighted by Gasteiger charge is -2.02. The predicted molar refractivity (Wildman–Crippen MR) is 42.7 cm³/mol. The quantitative estimate of drug-likeness (QED) is 0.546. The smallest absolute Gasteiger partial charge is 0.211 e. The minimum absolute atomic E-state index is 0.374. The predicted octanol–water partition coefficient (Wildman–Crippen LogP) is 0.573. The summed E-state index contributed by atoms with van der Waals surface area (Å²) in [6, 6.07) is 0.748. The third kappa shape index (κ3) is 1.18. The molecule has 3 nitrogen and oxygen atoms in total. The lowest BCUT2D eigenvalue weighted by Crippen LogP contribution is -2.12. The van der Waals surface area contributed by atoms with Gasteiger partial charge >= 0.3 is 0 Å². The van der Waals surface area contributed by atoms with Gasteiger partial charge in [-0.2, -0.15) is 4.31 Å². The molecule has 0 aromatic carbocycles. The van der Waals surface area contributed by atoms with Crippen LogP contribution in [0.2, 0.25) is 0 Å². The van der Waals surface area contributed by atoms with Crippen LogP contribution < -0.4 is 0 Å². The Balaban J connectivity index is 2.12. The maximum atomic E-state index is 11.1. The first kappa shape index (κ1) is 7.55. The van der Waals surface area contributed by atoms with Gasteiger partial charge in [0.15, 0.2) is 0 Å². The molecular formula is C7H13NO2S. The standard InChI is InChI=1S/C7H13NO2S/c1-11(9,10)8-6-4-2-3-5-7(6)8/h6-7H,2-5H2,1H3/t6-,7+,8?. The minimum Gasteiger partial charge on any atom is -0.212 e. The summed E-state index contributed by atoms with van der Waals surface area (Å²) in [6.07, 6.45) is 5.88. The van der Waals surface area contributed by atoms with Gasteiger partial charge in [-0.25, -0.2) is 8.42 Å². The number of nitrogens with zero attached hydrogens (tertiary/aromatic N) is 1. The highest BCUT2D eigenvalue weighted by molar-refractivity contribution is 7.88. The van der Waals surface area contributed by atoms with Gasteiger partial charge in [-0.1, -0.05) is 12.8 Å². The van der Waals surface area contributed by atoms with Crippen LogP contribution in [0.3, 0.4) is 0 Å². The molecule has 1 saturated carbocycles. The molecule has 2 aliphatic rings. The Morgan fingerprint density at radius 2 is 1.64 bits per heavy atom. The summed E-state index contributed by atoms with van der Waals surface area (Å²) in [4.78, 5) is 0. The van der Waals surface area contributed by atoms with Crippen molar-refractivity contribution in [1.82, 2.24) is 4.31 Å². The van der Waals surface area contributed by atoms with Crippen LogP contribution >= 0.6 is 0 Å². The Morgan fingerprint density at radius 3 is 2.00 bits per heavy atom. The van der Waals surface area contributed by atoms with Crippen LogP contribution in [-0.4, -0.2) is 31.1 Å². The molecule has 4 heteroatoms. The largest absolute Gasteiger partial charge is 0.212 e. The van der Waals surface area contributed by atoms with Crippen LogP contribution in [0.1, 0.15) is 25.7 Å². The molecule has 1 aliphatic heterocycles. The van der Waals surface area contributed by atoms with Crippen molar-refractivity contribution < 1.29 is 8.42 Å². The summed E-state index contributed by atoms with van der Waals surface area (Å²) in [6.45, 7) is 0. The molecule has 64 valence electrons. The third-order valence-electron chi connectivity index (χ3n) is 2.64. The monoisotopic (exact) mass is 175 g/mol. The molecule has 0 bridgehead atoms. The van der Waals surface area contributed by atoms with E-state index in [0.717, 1.165) is 12.8 Å². The average molecular weight is 175 g/mol. The highest BCUT2D eigenvalue weighted by Gasteiger charge is 2.53. The van der Waals surface area contributed by atoms with Gasteiger partial charge in [-0.3, -0.25) is 0 Å². The Hall–Kier alpha value is -0.0900. The minimum atomic E-state index is -2.88. The molecule has 11 heavy (non-hydrogen) atoms. The normalized spacial score (nSPS) is 43.2. The number of hydrogen-bond donors (Lipinski definition) is 0. The Labute approximate surface area is 67.4 Å². The van der Waals surface area contributed by atoms with Crippen molar-refractivity contribution in [3.63, 3.8) is 0 Å². The third-order valence-corrected chi connectivity index (χ3v) is 3.95. The van der Waals surface area contributed by atoms with Crippen LogP contribution in [0.4, 0.5) is 0 Å². The molecule has 0 amide bonds. The van der Waals surface area contributed by atoms with E-state index >= 15 is 0 Å². The van der Waals surface area contributed by atoms with Crippen LogP contribution in [0.5, 0.6) is 0 Å². The highest BCUT2D eigenvalue weighted by atomic mass is 32.2. The average Bonchev–Trinajstić information content (AvgIpc) is 2.58. The summed E-state index contributed by atoms with van der Waals surface area (Å²) in [5.74, 6) is 0. The van der Waals surface area contributed by atoms with Crippen molar-refractivity contribution in [3.05, 3.63) is 0 Å². The Morgan fingerprint density at radius 1 is 1.18 bits per heavy atom. The van der Waals surface area contributed by atoms with Crippen molar-refractivity contribution >= 4 is 10.0 Å². The molecule has 0 N–H and O–H groups in total. The van der Waals surface area contributed by atoms with E-state index in [0.29, 0.717) is 12.1 Å². The Kier molecular flexibility index (Phi) is 1.51. The second-order valence-electron chi connectivity index (χ2n) is 3.51. The van der Waals surface area contributed by atoms with Crippen molar-refractivity contribution in [2.24, 2.45) is 0 Å². The van der Waals surface area contributed by atoms with E-state index in [1.165, 1.54) is 19.1 Å². The van der Waals surface area contributed by atoms with Gasteiger partial charge in [0, 0.05) is 12.1 Å². The first-order valence-electron chi connectivity index (χ1n) is 4.09. The van der Waals surface area contributed by atoms with Gasteiger partial charge in [0.1, 0.15) is 0 Å². The number of sulfonamides is 1. The molecule has 1 unspecified atom stereocenters. The number of rotatable bonds is 1. The van der Waals surface area contributed by atoms with Gasteiger partial charge in [-0.15, -0.1) is 0 Å². The molecule has 0 aromatic rings. The maximum absolute atomic E-state index is 11.1. The van der Waals surface area contributed by atoms with Gasteiger partial charge in [0.2, 0.25) is 10.0 Å². The SMILES string of the molecule is CS(=O)(=O)N1[C@@H]2CCCC[C@@H]21. The van der Waals surface area contributed by atoms with E-state index in [1.54, 1.807) is 4.31 Å². The zero-order valence-corrected chi connectivity index (χ0v) is 7.47. The van der Waals surface area contributed by atoms with Crippen molar-refractivity contribution in [1.29, 1.82) is 0 Å². The first-order valence-corrected chi connectivity index (χ1v) is 5.94. The summed E-state index contributed by atoms with van der Waals surface area (Å²) < 4.78 is 23.8. The molecule has 1 aliphatic carbocycles. The highest BCUT2D eigenvalue weighted by Crippen LogP contribution is 2.42. The van der Waals surface area contributed by atoms with Gasteiger partial charge in [0.25, 0.3) is 0 Å². The van der Waals surface area contributed by atoms with Crippen molar-refractivity contribution in [2.75, 3.05) is 6.26 Å². The van der Waals surface area contributed by atoms with Crippen LogP contribution in [0.15, 0.2) is 0 Å². The molecule has 1 saturated heterocycles. The van der Waals surface area contributed by atoms with E-state index in [4.69, 9.17) is 0 Å². The zero-order valence-electron chi connectivity index (χ0n) is 6.66. The second kappa shape index (κ2) is 2.20. The fourth-order valence-corrected chi connectivity index (χ4v) is 3.57. The zero-order chi connectivity index (χ0) is 8.06. The van der Waals surface area contributed by atoms with Crippen molar-refractivity contribution in [2.45, 2.75) is 37.8 Å². The van der Waals surface area contributed by atoms with E-state index < -0.39 is 10.0 Å². The van der Waals surface area contributed by atoms with Gasteiger partial charge < -0.3 is 0 Å². The number of fused-ring (bicyclic) bond motifs is 1. The second-order valence-corrected chi connectivity index (χ2v) is 5.40. The molecule has 2 fully saturated rings. The van der Waals surface area contributed by atoms with Gasteiger partial charge in [0.05, 0.1) is 6.26 Å². The van der Waals surface area contributed by atoms with E-state index in [1.807, 2.05) is 0 Å². The summed E-state index contributed by atoms with van der Waals surface area (Å²) in [7, 11) is -2.88. The summed E-state index contributed by atoms with van der Waals surface area (Å²) in [5, 5.41) is 0. The first-order chi connectivity index (χ1) is 5.11. The van der Waals surface area contributed by atoms with Crippen LogP contribution in [-0.2, 0) is 10.0 Å². The van der Waals surface area contributed by atoms with Crippen molar-refractivity contribution in [3.8, 4) is 0 Å². The van der Waals surface area contributed by atoms with Gasteiger partial charge in [-0.05, 0) is 12.8 Å². The molecule has 2 rings (SSSR count). The molecule has 3 atom stereocenters. The molecule has 0 spiro atoms. The molecule has 0 radical (unpaired) electrons. The topological polar surface area (TPSA) is 37.1 Å². The molecular weight excluding hydrogens is 162 g/mol. The lowest BCUT2D eigenvalue weighted by atomic mass is 10.0. The maximum Gasteiger partial charge on any atom is 0.211 e. The summed E-state index contributed by atoms with van der Waals surface area (Å²) >= 11 is 0. The molecule has 0 aromatic heterocycles. The van der Waals surface area contributed by atoms with Crippen LogP contribution in [0.25, 0.3) is 0 Å². The van der Waals surface area contributed by atoms with E-state index in [2.05, 4.69) is 0 Å².